The predicted octanol–water partition coefficient (Wildman–Crippen LogP) is 1.69. The summed E-state index contributed by atoms with van der Waals surface area (Å²) in [5, 5.41) is 3.16. The SMILES string of the molecule is CN(C)c1cc(C2CNCCO2)cc(F)c1F. The molecule has 0 aromatic heterocycles. The maximum atomic E-state index is 13.5. The quantitative estimate of drug-likeness (QED) is 0.854. The molecule has 94 valence electrons. The molecule has 17 heavy (non-hydrogen) atoms. The van der Waals surface area contributed by atoms with Crippen LogP contribution >= 0.6 is 0 Å². The fourth-order valence-corrected chi connectivity index (χ4v) is 1.89. The van der Waals surface area contributed by atoms with E-state index < -0.39 is 11.6 Å². The van der Waals surface area contributed by atoms with Crippen molar-refractivity contribution in [3.63, 3.8) is 0 Å². The Morgan fingerprint density at radius 3 is 2.71 bits per heavy atom. The molecule has 1 atom stereocenters. The highest BCUT2D eigenvalue weighted by molar-refractivity contribution is 5.49. The van der Waals surface area contributed by atoms with Crippen LogP contribution in [0, 0.1) is 11.6 Å². The largest absolute Gasteiger partial charge is 0.375 e. The van der Waals surface area contributed by atoms with Gasteiger partial charge in [0.15, 0.2) is 11.6 Å². The summed E-state index contributed by atoms with van der Waals surface area (Å²) in [6.07, 6.45) is -0.211. The molecule has 1 saturated heterocycles. The van der Waals surface area contributed by atoms with E-state index in [4.69, 9.17) is 4.74 Å². The Balaban J connectivity index is 2.34. The molecule has 1 aliphatic heterocycles. The molecule has 0 saturated carbocycles. The van der Waals surface area contributed by atoms with Crippen molar-refractivity contribution in [2.45, 2.75) is 6.10 Å². The van der Waals surface area contributed by atoms with Gasteiger partial charge < -0.3 is 15.0 Å². The molecule has 0 bridgehead atoms. The zero-order valence-electron chi connectivity index (χ0n) is 9.96. The number of benzene rings is 1. The number of nitrogens with one attached hydrogen (secondary N) is 1. The van der Waals surface area contributed by atoms with Crippen LogP contribution in [0.2, 0.25) is 0 Å². The summed E-state index contributed by atoms with van der Waals surface area (Å²) in [6.45, 7) is 2.00. The number of halogens is 2. The maximum Gasteiger partial charge on any atom is 0.182 e. The summed E-state index contributed by atoms with van der Waals surface area (Å²) in [5.74, 6) is -1.65. The average molecular weight is 242 g/mol. The van der Waals surface area contributed by atoms with Gasteiger partial charge in [0.25, 0.3) is 0 Å². The Bertz CT molecular complexity index is 404. The minimum Gasteiger partial charge on any atom is -0.375 e. The van der Waals surface area contributed by atoms with Crippen molar-refractivity contribution in [2.24, 2.45) is 0 Å². The molecule has 0 spiro atoms. The Hall–Kier alpha value is -1.20. The third-order valence-electron chi connectivity index (χ3n) is 2.81. The standard InChI is InChI=1S/C12H16F2N2O/c1-16(2)10-6-8(5-9(13)12(10)14)11-7-15-3-4-17-11/h5-6,11,15H,3-4,7H2,1-2H3. The minimum atomic E-state index is -0.833. The smallest absolute Gasteiger partial charge is 0.182 e. The van der Waals surface area contributed by atoms with Gasteiger partial charge in [0, 0.05) is 27.2 Å². The fourth-order valence-electron chi connectivity index (χ4n) is 1.89. The molecule has 1 unspecified atom stereocenters. The van der Waals surface area contributed by atoms with Crippen LogP contribution in [0.4, 0.5) is 14.5 Å². The number of hydrogen-bond donors (Lipinski definition) is 1. The highest BCUT2D eigenvalue weighted by Gasteiger charge is 2.20. The number of nitrogens with zero attached hydrogens (tertiary/aromatic N) is 1. The number of ether oxygens (including phenoxy) is 1. The molecule has 5 heteroatoms. The van der Waals surface area contributed by atoms with Crippen LogP contribution in [0.3, 0.4) is 0 Å². The van der Waals surface area contributed by atoms with E-state index in [0.29, 0.717) is 18.7 Å². The van der Waals surface area contributed by atoms with E-state index >= 15 is 0 Å². The second-order valence-corrected chi connectivity index (χ2v) is 4.29. The van der Waals surface area contributed by atoms with E-state index in [0.717, 1.165) is 6.54 Å². The number of hydrogen-bond acceptors (Lipinski definition) is 3. The lowest BCUT2D eigenvalue weighted by Crippen LogP contribution is -2.33. The first-order valence-electron chi connectivity index (χ1n) is 5.58. The average Bonchev–Trinajstić information content (AvgIpc) is 2.33. The first-order chi connectivity index (χ1) is 8.09. The Kier molecular flexibility index (Phi) is 3.59. The van der Waals surface area contributed by atoms with E-state index in [-0.39, 0.29) is 11.8 Å². The highest BCUT2D eigenvalue weighted by atomic mass is 19.2. The molecule has 1 N–H and O–H groups in total. The lowest BCUT2D eigenvalue weighted by molar-refractivity contribution is 0.0275. The van der Waals surface area contributed by atoms with Gasteiger partial charge in [-0.05, 0) is 17.7 Å². The summed E-state index contributed by atoms with van der Waals surface area (Å²) in [6, 6.07) is 2.84. The number of rotatable bonds is 2. The Morgan fingerprint density at radius 1 is 1.35 bits per heavy atom. The summed E-state index contributed by atoms with van der Waals surface area (Å²) < 4.78 is 32.5. The van der Waals surface area contributed by atoms with Crippen LogP contribution < -0.4 is 10.2 Å². The second-order valence-electron chi connectivity index (χ2n) is 4.29. The second kappa shape index (κ2) is 4.98. The van der Waals surface area contributed by atoms with Crippen LogP contribution in [0.25, 0.3) is 0 Å². The van der Waals surface area contributed by atoms with Gasteiger partial charge in [-0.15, -0.1) is 0 Å². The first-order valence-corrected chi connectivity index (χ1v) is 5.58. The number of morpholine rings is 1. The van der Waals surface area contributed by atoms with E-state index in [2.05, 4.69) is 5.32 Å². The zero-order chi connectivity index (χ0) is 12.4. The van der Waals surface area contributed by atoms with Crippen LogP contribution in [-0.4, -0.2) is 33.8 Å². The van der Waals surface area contributed by atoms with Gasteiger partial charge in [0.05, 0.1) is 18.4 Å². The summed E-state index contributed by atoms with van der Waals surface area (Å²) in [7, 11) is 3.36. The lowest BCUT2D eigenvalue weighted by Gasteiger charge is -2.25. The number of anilines is 1. The first kappa shape index (κ1) is 12.3. The summed E-state index contributed by atoms with van der Waals surface area (Å²) in [5.41, 5.74) is 0.911. The maximum absolute atomic E-state index is 13.5. The van der Waals surface area contributed by atoms with E-state index in [1.807, 2.05) is 0 Å². The van der Waals surface area contributed by atoms with Gasteiger partial charge in [-0.1, -0.05) is 0 Å². The Labute approximate surface area is 99.4 Å². The lowest BCUT2D eigenvalue weighted by atomic mass is 10.1. The molecule has 1 aromatic carbocycles. The minimum absolute atomic E-state index is 0.211. The van der Waals surface area contributed by atoms with Crippen LogP contribution in [-0.2, 0) is 4.74 Å². The van der Waals surface area contributed by atoms with Gasteiger partial charge in [0.2, 0.25) is 0 Å². The van der Waals surface area contributed by atoms with Crippen LogP contribution in [0.15, 0.2) is 12.1 Å². The topological polar surface area (TPSA) is 24.5 Å². The van der Waals surface area contributed by atoms with Crippen LogP contribution in [0.1, 0.15) is 11.7 Å². The summed E-state index contributed by atoms with van der Waals surface area (Å²) in [4.78, 5) is 1.55. The molecular formula is C12H16F2N2O. The van der Waals surface area contributed by atoms with Gasteiger partial charge in [-0.3, -0.25) is 0 Å². The zero-order valence-corrected chi connectivity index (χ0v) is 9.96. The molecule has 0 amide bonds. The van der Waals surface area contributed by atoms with Gasteiger partial charge >= 0.3 is 0 Å². The third-order valence-corrected chi connectivity index (χ3v) is 2.81. The van der Waals surface area contributed by atoms with Crippen molar-refractivity contribution < 1.29 is 13.5 Å². The van der Waals surface area contributed by atoms with Crippen molar-refractivity contribution >= 4 is 5.69 Å². The summed E-state index contributed by atoms with van der Waals surface area (Å²) >= 11 is 0. The third kappa shape index (κ3) is 2.56. The van der Waals surface area contributed by atoms with Gasteiger partial charge in [-0.25, -0.2) is 8.78 Å². The predicted molar refractivity (Wildman–Crippen MR) is 62.2 cm³/mol. The molecule has 1 aliphatic rings. The fraction of sp³-hybridized carbons (Fsp3) is 0.500. The van der Waals surface area contributed by atoms with Gasteiger partial charge in [-0.2, -0.15) is 0 Å². The van der Waals surface area contributed by atoms with E-state index in [1.165, 1.54) is 6.07 Å². The van der Waals surface area contributed by atoms with Crippen molar-refractivity contribution in [1.82, 2.24) is 5.32 Å². The van der Waals surface area contributed by atoms with Crippen molar-refractivity contribution in [1.29, 1.82) is 0 Å². The highest BCUT2D eigenvalue weighted by Crippen LogP contribution is 2.27. The molecule has 0 radical (unpaired) electrons. The van der Waals surface area contributed by atoms with E-state index in [1.54, 1.807) is 25.1 Å². The van der Waals surface area contributed by atoms with E-state index in [9.17, 15) is 8.78 Å². The molecule has 2 rings (SSSR count). The molecule has 1 aromatic rings. The van der Waals surface area contributed by atoms with Crippen molar-refractivity contribution in [2.75, 3.05) is 38.7 Å². The van der Waals surface area contributed by atoms with Crippen LogP contribution in [0.5, 0.6) is 0 Å². The van der Waals surface area contributed by atoms with Gasteiger partial charge in [0.1, 0.15) is 0 Å². The Morgan fingerprint density at radius 2 is 2.12 bits per heavy atom. The monoisotopic (exact) mass is 242 g/mol. The molecule has 1 heterocycles. The molecule has 3 nitrogen and oxygen atoms in total. The molecule has 1 fully saturated rings. The molecular weight excluding hydrogens is 226 g/mol. The van der Waals surface area contributed by atoms with Crippen molar-refractivity contribution in [3.05, 3.63) is 29.3 Å². The van der Waals surface area contributed by atoms with Crippen molar-refractivity contribution in [3.8, 4) is 0 Å². The molecule has 0 aliphatic carbocycles. The normalized spacial score (nSPS) is 20.4.